The fourth-order valence-electron chi connectivity index (χ4n) is 3.69. The topological polar surface area (TPSA) is 81.7 Å². The van der Waals surface area contributed by atoms with Crippen LogP contribution in [0.4, 0.5) is 0 Å². The van der Waals surface area contributed by atoms with Gasteiger partial charge in [0.05, 0.1) is 26.7 Å². The van der Waals surface area contributed by atoms with E-state index in [1.807, 2.05) is 12.1 Å². The van der Waals surface area contributed by atoms with Crippen molar-refractivity contribution in [2.24, 2.45) is 5.92 Å². The molecule has 1 atom stereocenters. The van der Waals surface area contributed by atoms with Crippen molar-refractivity contribution in [3.05, 3.63) is 67.6 Å². The number of carbonyl (C=O) groups is 2. The first-order valence-corrected chi connectivity index (χ1v) is 12.1. The number of amides is 2. The fraction of sp³-hybridized carbons (Fsp3) is 0.391. The van der Waals surface area contributed by atoms with Crippen LogP contribution < -0.4 is 10.6 Å². The van der Waals surface area contributed by atoms with Crippen LogP contribution >= 0.6 is 46.4 Å². The molecule has 2 amide bonds. The van der Waals surface area contributed by atoms with Crippen LogP contribution in [-0.2, 0) is 11.3 Å². The summed E-state index contributed by atoms with van der Waals surface area (Å²) in [6.07, 6.45) is 1.86. The van der Waals surface area contributed by atoms with E-state index >= 15 is 0 Å². The molecule has 0 radical (unpaired) electrons. The van der Waals surface area contributed by atoms with Gasteiger partial charge in [-0.15, -0.1) is 0 Å². The number of carbonyl (C=O) groups excluding carboxylic acids is 2. The van der Waals surface area contributed by atoms with Gasteiger partial charge in [-0.25, -0.2) is 0 Å². The average molecular weight is 533 g/mol. The van der Waals surface area contributed by atoms with Crippen LogP contribution in [0, 0.1) is 5.92 Å². The van der Waals surface area contributed by atoms with Gasteiger partial charge >= 0.3 is 0 Å². The number of benzene rings is 2. The highest BCUT2D eigenvalue weighted by molar-refractivity contribution is 6.42. The summed E-state index contributed by atoms with van der Waals surface area (Å²) in [5.74, 6) is -0.619. The van der Waals surface area contributed by atoms with E-state index in [9.17, 15) is 14.7 Å². The van der Waals surface area contributed by atoms with E-state index in [1.165, 1.54) is 18.2 Å². The lowest BCUT2D eigenvalue weighted by molar-refractivity contribution is -0.124. The highest BCUT2D eigenvalue weighted by Crippen LogP contribution is 2.25. The first-order valence-electron chi connectivity index (χ1n) is 10.6. The van der Waals surface area contributed by atoms with Crippen molar-refractivity contribution in [1.29, 1.82) is 0 Å². The molecule has 1 heterocycles. The molecule has 1 saturated heterocycles. The molecule has 178 valence electrons. The minimum absolute atomic E-state index is 0.236. The Morgan fingerprint density at radius 3 is 2.21 bits per heavy atom. The Hall–Kier alpha value is -1.54. The summed E-state index contributed by atoms with van der Waals surface area (Å²) in [6, 6.07) is 9.03. The van der Waals surface area contributed by atoms with E-state index in [4.69, 9.17) is 46.4 Å². The molecule has 1 aliphatic rings. The summed E-state index contributed by atoms with van der Waals surface area (Å²) in [6.45, 7) is 2.57. The second-order valence-corrected chi connectivity index (χ2v) is 9.68. The third kappa shape index (κ3) is 7.47. The molecule has 1 aliphatic heterocycles. The smallest absolute Gasteiger partial charge is 0.252 e. The predicted molar refractivity (Wildman–Crippen MR) is 132 cm³/mol. The predicted octanol–water partition coefficient (Wildman–Crippen LogP) is 4.42. The number of hydrogen-bond donors (Lipinski definition) is 3. The summed E-state index contributed by atoms with van der Waals surface area (Å²) < 4.78 is 0. The third-order valence-corrected chi connectivity index (χ3v) is 7.13. The standard InChI is InChI=1S/C23H25Cl4N3O3/c24-17-3-1-15(9-19(17)26)12-30-7-5-14(6-8-30)11-28-23(33)21(13-31)29-22(32)16-2-4-18(25)20(27)10-16/h1-4,9-10,14,21,31H,5-8,11-13H2,(H,28,33)(H,29,32)/t21-/m0/s1. The fourth-order valence-corrected chi connectivity index (χ4v) is 4.30. The van der Waals surface area contributed by atoms with E-state index in [0.29, 0.717) is 27.5 Å². The Bertz CT molecular complexity index is 997. The zero-order valence-electron chi connectivity index (χ0n) is 17.8. The average Bonchev–Trinajstić information content (AvgIpc) is 2.80. The molecule has 10 heteroatoms. The Labute approximate surface area is 213 Å². The van der Waals surface area contributed by atoms with Gasteiger partial charge < -0.3 is 15.7 Å². The largest absolute Gasteiger partial charge is 0.394 e. The van der Waals surface area contributed by atoms with Crippen LogP contribution in [-0.4, -0.2) is 54.1 Å². The number of hydrogen-bond acceptors (Lipinski definition) is 4. The number of nitrogens with one attached hydrogen (secondary N) is 2. The molecule has 3 rings (SSSR count). The Kier molecular flexibility index (Phi) is 9.68. The summed E-state index contributed by atoms with van der Waals surface area (Å²) >= 11 is 23.9. The van der Waals surface area contributed by atoms with Crippen molar-refractivity contribution in [2.45, 2.75) is 25.4 Å². The molecule has 1 fully saturated rings. The van der Waals surface area contributed by atoms with Gasteiger partial charge in [-0.2, -0.15) is 0 Å². The zero-order chi connectivity index (χ0) is 24.0. The molecular weight excluding hydrogens is 508 g/mol. The maximum absolute atomic E-state index is 12.5. The van der Waals surface area contributed by atoms with Crippen LogP contribution in [0.2, 0.25) is 20.1 Å². The van der Waals surface area contributed by atoms with Crippen molar-refractivity contribution in [2.75, 3.05) is 26.2 Å². The molecule has 0 spiro atoms. The minimum atomic E-state index is -1.05. The number of nitrogens with zero attached hydrogens (tertiary/aromatic N) is 1. The number of likely N-dealkylation sites (tertiary alicyclic amines) is 1. The molecular formula is C23H25Cl4N3O3. The van der Waals surface area contributed by atoms with Crippen molar-refractivity contribution in [1.82, 2.24) is 15.5 Å². The third-order valence-electron chi connectivity index (χ3n) is 5.65. The van der Waals surface area contributed by atoms with Gasteiger partial charge in [0, 0.05) is 18.7 Å². The second-order valence-electron chi connectivity index (χ2n) is 8.05. The molecule has 6 nitrogen and oxygen atoms in total. The lowest BCUT2D eigenvalue weighted by atomic mass is 9.96. The van der Waals surface area contributed by atoms with Crippen molar-refractivity contribution in [3.8, 4) is 0 Å². The Morgan fingerprint density at radius 2 is 1.61 bits per heavy atom. The summed E-state index contributed by atoms with van der Waals surface area (Å²) in [5.41, 5.74) is 1.37. The Balaban J connectivity index is 1.43. The lowest BCUT2D eigenvalue weighted by Crippen LogP contribution is -2.50. The van der Waals surface area contributed by atoms with Gasteiger partial charge in [0.1, 0.15) is 6.04 Å². The molecule has 0 aliphatic carbocycles. The van der Waals surface area contributed by atoms with Gasteiger partial charge in [-0.05, 0) is 67.7 Å². The van der Waals surface area contributed by atoms with Crippen LogP contribution in [0.25, 0.3) is 0 Å². The van der Waals surface area contributed by atoms with E-state index < -0.39 is 24.5 Å². The number of piperidine rings is 1. The molecule has 2 aromatic carbocycles. The van der Waals surface area contributed by atoms with Gasteiger partial charge in [-0.1, -0.05) is 52.5 Å². The monoisotopic (exact) mass is 531 g/mol. The molecule has 0 saturated carbocycles. The minimum Gasteiger partial charge on any atom is -0.394 e. The Morgan fingerprint density at radius 1 is 0.970 bits per heavy atom. The first-order chi connectivity index (χ1) is 15.8. The van der Waals surface area contributed by atoms with Crippen LogP contribution in [0.3, 0.4) is 0 Å². The lowest BCUT2D eigenvalue weighted by Gasteiger charge is -2.32. The number of aliphatic hydroxyl groups excluding tert-OH is 1. The van der Waals surface area contributed by atoms with E-state index in [-0.39, 0.29) is 10.6 Å². The quantitative estimate of drug-likeness (QED) is 0.470. The van der Waals surface area contributed by atoms with Gasteiger partial charge in [0.25, 0.3) is 5.91 Å². The maximum Gasteiger partial charge on any atom is 0.252 e. The normalized spacial score (nSPS) is 15.8. The van der Waals surface area contributed by atoms with E-state index in [0.717, 1.165) is 38.0 Å². The molecule has 0 aromatic heterocycles. The summed E-state index contributed by atoms with van der Waals surface area (Å²) in [5, 5.41) is 16.6. The summed E-state index contributed by atoms with van der Waals surface area (Å²) in [4.78, 5) is 27.2. The highest BCUT2D eigenvalue weighted by atomic mass is 35.5. The molecule has 0 bridgehead atoms. The van der Waals surface area contributed by atoms with Crippen LogP contribution in [0.5, 0.6) is 0 Å². The molecule has 3 N–H and O–H groups in total. The highest BCUT2D eigenvalue weighted by Gasteiger charge is 2.24. The van der Waals surface area contributed by atoms with Gasteiger partial charge in [-0.3, -0.25) is 14.5 Å². The number of aliphatic hydroxyl groups is 1. The SMILES string of the molecule is O=C(N[C@@H](CO)C(=O)NCC1CCN(Cc2ccc(Cl)c(Cl)c2)CC1)c1ccc(Cl)c(Cl)c1. The zero-order valence-corrected chi connectivity index (χ0v) is 20.8. The second kappa shape index (κ2) is 12.2. The molecule has 33 heavy (non-hydrogen) atoms. The van der Waals surface area contributed by atoms with E-state index in [2.05, 4.69) is 15.5 Å². The van der Waals surface area contributed by atoms with Gasteiger partial charge in [0.15, 0.2) is 0 Å². The van der Waals surface area contributed by atoms with Crippen molar-refractivity contribution < 1.29 is 14.7 Å². The van der Waals surface area contributed by atoms with Crippen molar-refractivity contribution >= 4 is 58.2 Å². The molecule has 2 aromatic rings. The number of halogens is 4. The first kappa shape index (κ1) is 26.1. The van der Waals surface area contributed by atoms with Crippen LogP contribution in [0.1, 0.15) is 28.8 Å². The maximum atomic E-state index is 12.5. The van der Waals surface area contributed by atoms with Crippen LogP contribution in [0.15, 0.2) is 36.4 Å². The number of rotatable bonds is 8. The molecule has 0 unspecified atom stereocenters. The van der Waals surface area contributed by atoms with Crippen molar-refractivity contribution in [3.63, 3.8) is 0 Å². The summed E-state index contributed by atoms with van der Waals surface area (Å²) in [7, 11) is 0. The van der Waals surface area contributed by atoms with Gasteiger partial charge in [0.2, 0.25) is 5.91 Å². The van der Waals surface area contributed by atoms with E-state index in [1.54, 1.807) is 6.07 Å².